The number of pyridine rings is 1. The van der Waals surface area contributed by atoms with Gasteiger partial charge in [0, 0.05) is 38.6 Å². The zero-order valence-electron chi connectivity index (χ0n) is 17.6. The summed E-state index contributed by atoms with van der Waals surface area (Å²) in [7, 11) is 1.58. The van der Waals surface area contributed by atoms with Crippen molar-refractivity contribution < 1.29 is 22.0 Å². The molecule has 5 heterocycles. The number of fused-ring (bicyclic) bond motifs is 1. The Balaban J connectivity index is 1.34. The van der Waals surface area contributed by atoms with E-state index in [0.29, 0.717) is 37.8 Å². The minimum atomic E-state index is -4.48. The van der Waals surface area contributed by atoms with Crippen molar-refractivity contribution >= 4 is 22.7 Å². The molecule has 8 nitrogen and oxygen atoms in total. The molecule has 2 saturated heterocycles. The molecule has 3 aromatic rings. The smallest absolute Gasteiger partial charge is 0.369 e. The largest absolute Gasteiger partial charge is 0.433 e. The molecule has 0 aromatic carbocycles. The molecule has 1 spiro atoms. The highest BCUT2D eigenvalue weighted by Gasteiger charge is 2.48. The van der Waals surface area contributed by atoms with Crippen molar-refractivity contribution in [2.45, 2.75) is 25.6 Å². The van der Waals surface area contributed by atoms with E-state index in [-0.39, 0.29) is 22.0 Å². The van der Waals surface area contributed by atoms with Crippen LogP contribution in [-0.4, -0.2) is 56.9 Å². The molecule has 2 aliphatic heterocycles. The average molecular weight is 469 g/mol. The Morgan fingerprint density at radius 3 is 2.48 bits per heavy atom. The minimum Gasteiger partial charge on any atom is -0.369 e. The molecular weight excluding hydrogens is 449 g/mol. The fraction of sp³-hybridized carbons (Fsp3) is 0.500. The van der Waals surface area contributed by atoms with Crippen molar-refractivity contribution in [2.75, 3.05) is 36.0 Å². The molecule has 13 heteroatoms. The van der Waals surface area contributed by atoms with Crippen molar-refractivity contribution in [1.29, 1.82) is 0 Å². The molecule has 5 rings (SSSR count). The van der Waals surface area contributed by atoms with E-state index in [2.05, 4.69) is 15.1 Å². The minimum absolute atomic E-state index is 0.0986. The second-order valence-electron chi connectivity index (χ2n) is 8.66. The third-order valence-electron chi connectivity index (χ3n) is 6.34. The predicted octanol–water partition coefficient (Wildman–Crippen LogP) is 2.53. The van der Waals surface area contributed by atoms with Crippen molar-refractivity contribution in [2.24, 2.45) is 12.5 Å². The van der Waals surface area contributed by atoms with E-state index >= 15 is 0 Å². The summed E-state index contributed by atoms with van der Waals surface area (Å²) in [4.78, 5) is 24.7. The molecular formula is C20H20F5N7O. The number of halogens is 5. The highest BCUT2D eigenvalue weighted by atomic mass is 19.4. The maximum atomic E-state index is 12.9. The Hall–Kier alpha value is -3.25. The maximum absolute atomic E-state index is 12.9. The van der Waals surface area contributed by atoms with Gasteiger partial charge in [-0.15, -0.1) is 0 Å². The third-order valence-corrected chi connectivity index (χ3v) is 6.34. The van der Waals surface area contributed by atoms with Gasteiger partial charge in [0.25, 0.3) is 12.0 Å². The molecule has 0 radical (unpaired) electrons. The summed E-state index contributed by atoms with van der Waals surface area (Å²) in [5.41, 5.74) is -0.640. The molecule has 3 aromatic heterocycles. The van der Waals surface area contributed by atoms with Crippen LogP contribution in [0, 0.1) is 5.41 Å². The zero-order valence-corrected chi connectivity index (χ0v) is 17.6. The first-order valence-electron chi connectivity index (χ1n) is 10.3. The monoisotopic (exact) mass is 469 g/mol. The van der Waals surface area contributed by atoms with E-state index < -0.39 is 24.8 Å². The number of rotatable bonds is 4. The van der Waals surface area contributed by atoms with Crippen molar-refractivity contribution in [3.63, 3.8) is 0 Å². The third kappa shape index (κ3) is 3.68. The first-order valence-corrected chi connectivity index (χ1v) is 10.3. The fourth-order valence-corrected chi connectivity index (χ4v) is 4.69. The van der Waals surface area contributed by atoms with Crippen molar-refractivity contribution in [3.8, 4) is 0 Å². The quantitative estimate of drug-likeness (QED) is 0.547. The van der Waals surface area contributed by atoms with E-state index in [1.807, 2.05) is 9.80 Å². The maximum Gasteiger partial charge on any atom is 0.433 e. The van der Waals surface area contributed by atoms with Crippen LogP contribution in [0.4, 0.5) is 33.6 Å². The van der Waals surface area contributed by atoms with Gasteiger partial charge >= 0.3 is 6.18 Å². The van der Waals surface area contributed by atoms with Gasteiger partial charge in [-0.2, -0.15) is 23.3 Å². The first-order chi connectivity index (χ1) is 15.6. The summed E-state index contributed by atoms with van der Waals surface area (Å²) in [5.74, 6) is 0.384. The van der Waals surface area contributed by atoms with Crippen LogP contribution in [0.5, 0.6) is 0 Å². The summed E-state index contributed by atoms with van der Waals surface area (Å²) in [6, 6.07) is 2.39. The lowest BCUT2D eigenvalue weighted by Gasteiger charge is -2.49. The second-order valence-corrected chi connectivity index (χ2v) is 8.66. The van der Waals surface area contributed by atoms with E-state index in [4.69, 9.17) is 0 Å². The Morgan fingerprint density at radius 1 is 1.12 bits per heavy atom. The summed E-state index contributed by atoms with van der Waals surface area (Å²) < 4.78 is 66.4. The highest BCUT2D eigenvalue weighted by molar-refractivity contribution is 5.75. The van der Waals surface area contributed by atoms with Crippen LogP contribution in [-0.2, 0) is 19.8 Å². The fourth-order valence-electron chi connectivity index (χ4n) is 4.69. The van der Waals surface area contributed by atoms with Crippen LogP contribution < -0.4 is 15.4 Å². The molecule has 2 aliphatic rings. The van der Waals surface area contributed by atoms with Gasteiger partial charge in [0.05, 0.1) is 18.1 Å². The van der Waals surface area contributed by atoms with Gasteiger partial charge in [0.1, 0.15) is 17.6 Å². The van der Waals surface area contributed by atoms with Crippen LogP contribution in [0.3, 0.4) is 0 Å². The first kappa shape index (κ1) is 21.6. The molecule has 0 N–H and O–H groups in total. The van der Waals surface area contributed by atoms with Gasteiger partial charge in [-0.25, -0.2) is 18.4 Å². The van der Waals surface area contributed by atoms with Crippen LogP contribution in [0.25, 0.3) is 11.0 Å². The summed E-state index contributed by atoms with van der Waals surface area (Å²) in [6.45, 7) is 1.83. The number of anilines is 2. The number of hydrogen-bond acceptors (Lipinski definition) is 6. The predicted molar refractivity (Wildman–Crippen MR) is 109 cm³/mol. The van der Waals surface area contributed by atoms with Gasteiger partial charge in [-0.3, -0.25) is 9.36 Å². The van der Waals surface area contributed by atoms with E-state index in [1.165, 1.54) is 23.0 Å². The molecule has 0 amide bonds. The van der Waals surface area contributed by atoms with Crippen LogP contribution in [0.2, 0.25) is 0 Å². The van der Waals surface area contributed by atoms with Gasteiger partial charge in [0.15, 0.2) is 5.65 Å². The van der Waals surface area contributed by atoms with Crippen LogP contribution in [0.15, 0.2) is 29.3 Å². The Morgan fingerprint density at radius 2 is 1.85 bits per heavy atom. The standard InChI is InChI=1S/C20H20F5N7O/c1-29-17(33)13-7-27-32(8-15(21)22)16(13)28-18(29)30-5-4-19(9-30)10-31(11-19)12-2-3-14(26-6-12)20(23,24)25/h2-3,6-7,15H,4-5,8-11H2,1H3. The number of alkyl halides is 5. The van der Waals surface area contributed by atoms with E-state index in [1.54, 1.807) is 7.05 Å². The van der Waals surface area contributed by atoms with E-state index in [0.717, 1.165) is 17.2 Å². The summed E-state index contributed by atoms with van der Waals surface area (Å²) in [5, 5.41) is 4.07. The van der Waals surface area contributed by atoms with Gasteiger partial charge in [-0.1, -0.05) is 0 Å². The molecule has 0 aliphatic carbocycles. The normalized spacial score (nSPS) is 18.0. The molecule has 0 saturated carbocycles. The number of aromatic nitrogens is 5. The van der Waals surface area contributed by atoms with Gasteiger partial charge < -0.3 is 9.80 Å². The lowest BCUT2D eigenvalue weighted by Crippen LogP contribution is -2.58. The number of hydrogen-bond donors (Lipinski definition) is 0. The Kier molecular flexibility index (Phi) is 4.83. The lowest BCUT2D eigenvalue weighted by atomic mass is 9.79. The summed E-state index contributed by atoms with van der Waals surface area (Å²) in [6.07, 6.45) is -3.81. The zero-order chi connectivity index (χ0) is 23.5. The SMILES string of the molecule is Cn1c(N2CCC3(CN(c4ccc(C(F)(F)F)nc4)C3)C2)nc2c(cnn2CC(F)F)c1=O. The highest BCUT2D eigenvalue weighted by Crippen LogP contribution is 2.43. The molecule has 0 bridgehead atoms. The molecule has 0 atom stereocenters. The molecule has 0 unspecified atom stereocenters. The van der Waals surface area contributed by atoms with Crippen LogP contribution >= 0.6 is 0 Å². The average Bonchev–Trinajstić information content (AvgIpc) is 3.34. The summed E-state index contributed by atoms with van der Waals surface area (Å²) >= 11 is 0. The van der Waals surface area contributed by atoms with Crippen LogP contribution in [0.1, 0.15) is 12.1 Å². The molecule has 176 valence electrons. The van der Waals surface area contributed by atoms with Gasteiger partial charge in [0.2, 0.25) is 5.95 Å². The second kappa shape index (κ2) is 7.39. The molecule has 2 fully saturated rings. The topological polar surface area (TPSA) is 72.1 Å². The number of nitrogens with zero attached hydrogens (tertiary/aromatic N) is 7. The van der Waals surface area contributed by atoms with Gasteiger partial charge in [-0.05, 0) is 18.6 Å². The lowest BCUT2D eigenvalue weighted by molar-refractivity contribution is -0.141. The Labute approximate surface area is 184 Å². The van der Waals surface area contributed by atoms with Crippen molar-refractivity contribution in [3.05, 3.63) is 40.6 Å². The van der Waals surface area contributed by atoms with E-state index in [9.17, 15) is 26.7 Å². The van der Waals surface area contributed by atoms with Crippen molar-refractivity contribution in [1.82, 2.24) is 24.3 Å². The Bertz CT molecular complexity index is 1240. The molecule has 33 heavy (non-hydrogen) atoms.